The van der Waals surface area contributed by atoms with Gasteiger partial charge in [0.1, 0.15) is 5.82 Å². The largest absolute Gasteiger partial charge is 0.391 e. The fraction of sp³-hybridized carbons (Fsp3) is 0.500. The molecule has 1 aromatic rings. The summed E-state index contributed by atoms with van der Waals surface area (Å²) in [5.41, 5.74) is 5.33. The molecule has 0 unspecified atom stereocenters. The maximum Gasteiger partial charge on any atom is 0.311 e. The Labute approximate surface area is 98.0 Å². The molecule has 1 atom stereocenters. The van der Waals surface area contributed by atoms with Crippen LogP contribution in [0.15, 0.2) is 12.1 Å². The monoisotopic (exact) mass is 238 g/mol. The molecule has 0 radical (unpaired) electrons. The highest BCUT2D eigenvalue weighted by Crippen LogP contribution is 2.24. The van der Waals surface area contributed by atoms with Crippen LogP contribution in [0.3, 0.4) is 0 Å². The smallest absolute Gasteiger partial charge is 0.311 e. The molecule has 0 amide bonds. The minimum Gasteiger partial charge on any atom is -0.391 e. The standard InChI is InChI=1S/C10H14N4O3/c11-10-8(14(16)17)3-4-9(12-10)13-5-1-2-7(15)6-13/h3-4,7,15H,1-2,5-6H2,(H2,11,12)/t7-/m0/s1. The number of aliphatic hydroxyl groups is 1. The number of hydrogen-bond acceptors (Lipinski definition) is 6. The highest BCUT2D eigenvalue weighted by Gasteiger charge is 2.21. The first-order chi connectivity index (χ1) is 8.08. The Morgan fingerprint density at radius 2 is 2.35 bits per heavy atom. The van der Waals surface area contributed by atoms with Gasteiger partial charge in [0.05, 0.1) is 11.0 Å². The van der Waals surface area contributed by atoms with Crippen molar-refractivity contribution in [3.63, 3.8) is 0 Å². The number of piperidine rings is 1. The van der Waals surface area contributed by atoms with E-state index in [9.17, 15) is 15.2 Å². The van der Waals surface area contributed by atoms with Crippen molar-refractivity contribution in [1.29, 1.82) is 0 Å². The summed E-state index contributed by atoms with van der Waals surface area (Å²) in [5.74, 6) is 0.486. The lowest BCUT2D eigenvalue weighted by atomic mass is 10.1. The maximum absolute atomic E-state index is 10.6. The zero-order valence-corrected chi connectivity index (χ0v) is 9.24. The molecule has 2 heterocycles. The molecule has 92 valence electrons. The number of nitrogens with zero attached hydrogens (tertiary/aromatic N) is 3. The van der Waals surface area contributed by atoms with E-state index in [0.717, 1.165) is 19.4 Å². The summed E-state index contributed by atoms with van der Waals surface area (Å²) in [6.45, 7) is 1.27. The van der Waals surface area contributed by atoms with Gasteiger partial charge in [0.25, 0.3) is 0 Å². The van der Waals surface area contributed by atoms with Crippen LogP contribution in [-0.2, 0) is 0 Å². The van der Waals surface area contributed by atoms with Crippen LogP contribution >= 0.6 is 0 Å². The molecular formula is C10H14N4O3. The maximum atomic E-state index is 10.6. The minimum absolute atomic E-state index is 0.0902. The molecule has 1 aliphatic heterocycles. The van der Waals surface area contributed by atoms with E-state index in [0.29, 0.717) is 12.4 Å². The number of hydrogen-bond donors (Lipinski definition) is 2. The van der Waals surface area contributed by atoms with Gasteiger partial charge in [0.2, 0.25) is 5.82 Å². The van der Waals surface area contributed by atoms with E-state index in [4.69, 9.17) is 5.73 Å². The normalized spacial score (nSPS) is 20.3. The Kier molecular flexibility index (Phi) is 3.10. The van der Waals surface area contributed by atoms with Crippen LogP contribution < -0.4 is 10.6 Å². The molecule has 0 aliphatic carbocycles. The van der Waals surface area contributed by atoms with Crippen LogP contribution in [0.25, 0.3) is 0 Å². The van der Waals surface area contributed by atoms with Crippen molar-refractivity contribution in [3.8, 4) is 0 Å². The molecule has 1 aromatic heterocycles. The lowest BCUT2D eigenvalue weighted by Crippen LogP contribution is -2.38. The van der Waals surface area contributed by atoms with E-state index < -0.39 is 4.92 Å². The van der Waals surface area contributed by atoms with Crippen molar-refractivity contribution in [2.24, 2.45) is 0 Å². The van der Waals surface area contributed by atoms with Crippen molar-refractivity contribution in [1.82, 2.24) is 4.98 Å². The zero-order valence-electron chi connectivity index (χ0n) is 9.24. The SMILES string of the molecule is Nc1nc(N2CCC[C@H](O)C2)ccc1[N+](=O)[O-]. The number of β-amino-alcohol motifs (C(OH)–C–C–N with tert-alkyl or cyclic N) is 1. The van der Waals surface area contributed by atoms with Gasteiger partial charge in [-0.1, -0.05) is 0 Å². The van der Waals surface area contributed by atoms with E-state index in [-0.39, 0.29) is 17.6 Å². The van der Waals surface area contributed by atoms with Gasteiger partial charge in [-0.25, -0.2) is 4.98 Å². The molecule has 0 bridgehead atoms. The minimum atomic E-state index is -0.558. The van der Waals surface area contributed by atoms with Crippen molar-refractivity contribution >= 4 is 17.3 Å². The summed E-state index contributed by atoms with van der Waals surface area (Å²) < 4.78 is 0. The van der Waals surface area contributed by atoms with Gasteiger partial charge in [0.15, 0.2) is 0 Å². The fourth-order valence-corrected chi connectivity index (χ4v) is 1.95. The Morgan fingerprint density at radius 3 is 2.94 bits per heavy atom. The van der Waals surface area contributed by atoms with E-state index in [1.807, 2.05) is 4.90 Å². The van der Waals surface area contributed by atoms with Crippen LogP contribution in [-0.4, -0.2) is 34.2 Å². The number of nitrogen functional groups attached to an aromatic ring is 1. The van der Waals surface area contributed by atoms with Crippen LogP contribution in [0.2, 0.25) is 0 Å². The van der Waals surface area contributed by atoms with Crippen molar-refractivity contribution in [3.05, 3.63) is 22.2 Å². The summed E-state index contributed by atoms with van der Waals surface area (Å²) in [4.78, 5) is 15.9. The molecular weight excluding hydrogens is 224 g/mol. The first-order valence-electron chi connectivity index (χ1n) is 5.42. The second kappa shape index (κ2) is 4.54. The summed E-state index contributed by atoms with van der Waals surface area (Å²) in [6.07, 6.45) is 1.28. The molecule has 0 spiro atoms. The first-order valence-corrected chi connectivity index (χ1v) is 5.42. The van der Waals surface area contributed by atoms with Crippen LogP contribution in [0.4, 0.5) is 17.3 Å². The van der Waals surface area contributed by atoms with Crippen molar-refractivity contribution < 1.29 is 10.0 Å². The van der Waals surface area contributed by atoms with Gasteiger partial charge in [-0.3, -0.25) is 10.1 Å². The molecule has 3 N–H and O–H groups in total. The van der Waals surface area contributed by atoms with E-state index >= 15 is 0 Å². The Balaban J connectivity index is 2.22. The summed E-state index contributed by atoms with van der Waals surface area (Å²) in [6, 6.07) is 2.91. The van der Waals surface area contributed by atoms with Gasteiger partial charge in [-0.05, 0) is 18.9 Å². The summed E-state index contributed by atoms with van der Waals surface area (Å²) in [7, 11) is 0. The van der Waals surface area contributed by atoms with E-state index in [1.165, 1.54) is 6.07 Å². The number of aliphatic hydroxyl groups excluding tert-OH is 1. The predicted octanol–water partition coefficient (Wildman–Crippen LogP) is 0.533. The molecule has 2 rings (SSSR count). The third kappa shape index (κ3) is 2.44. The molecule has 1 fully saturated rings. The lowest BCUT2D eigenvalue weighted by molar-refractivity contribution is -0.384. The number of nitrogens with two attached hydrogens (primary N) is 1. The van der Waals surface area contributed by atoms with Gasteiger partial charge in [0, 0.05) is 19.2 Å². The second-order valence-electron chi connectivity index (χ2n) is 4.07. The number of rotatable bonds is 2. The quantitative estimate of drug-likeness (QED) is 0.575. The van der Waals surface area contributed by atoms with Crippen LogP contribution in [0, 0.1) is 10.1 Å². The molecule has 1 aliphatic rings. The third-order valence-electron chi connectivity index (χ3n) is 2.80. The number of nitro groups is 1. The van der Waals surface area contributed by atoms with Crippen molar-refractivity contribution in [2.45, 2.75) is 18.9 Å². The van der Waals surface area contributed by atoms with Gasteiger partial charge in [-0.15, -0.1) is 0 Å². The average Bonchev–Trinajstić information content (AvgIpc) is 2.28. The number of anilines is 2. The van der Waals surface area contributed by atoms with E-state index in [1.54, 1.807) is 6.07 Å². The average molecular weight is 238 g/mol. The molecule has 0 saturated carbocycles. The molecule has 17 heavy (non-hydrogen) atoms. The Morgan fingerprint density at radius 1 is 1.59 bits per heavy atom. The van der Waals surface area contributed by atoms with Gasteiger partial charge >= 0.3 is 5.69 Å². The highest BCUT2D eigenvalue weighted by molar-refractivity contribution is 5.58. The summed E-state index contributed by atoms with van der Waals surface area (Å²) in [5, 5.41) is 20.1. The Hall–Kier alpha value is -1.89. The molecule has 1 saturated heterocycles. The third-order valence-corrected chi connectivity index (χ3v) is 2.80. The highest BCUT2D eigenvalue weighted by atomic mass is 16.6. The molecule has 0 aromatic carbocycles. The predicted molar refractivity (Wildman–Crippen MR) is 62.8 cm³/mol. The first kappa shape index (κ1) is 11.6. The second-order valence-corrected chi connectivity index (χ2v) is 4.07. The van der Waals surface area contributed by atoms with Gasteiger partial charge < -0.3 is 15.7 Å². The van der Waals surface area contributed by atoms with Crippen LogP contribution in [0.5, 0.6) is 0 Å². The van der Waals surface area contributed by atoms with Crippen molar-refractivity contribution in [2.75, 3.05) is 23.7 Å². The lowest BCUT2D eigenvalue weighted by Gasteiger charge is -2.30. The molecule has 7 heteroatoms. The number of pyridine rings is 1. The van der Waals surface area contributed by atoms with Gasteiger partial charge in [-0.2, -0.15) is 0 Å². The van der Waals surface area contributed by atoms with E-state index in [2.05, 4.69) is 4.98 Å². The zero-order chi connectivity index (χ0) is 12.4. The fourth-order valence-electron chi connectivity index (χ4n) is 1.95. The topological polar surface area (TPSA) is 106 Å². The number of aromatic nitrogens is 1. The van der Waals surface area contributed by atoms with Crippen LogP contribution in [0.1, 0.15) is 12.8 Å². The molecule has 7 nitrogen and oxygen atoms in total. The summed E-state index contributed by atoms with van der Waals surface area (Å²) >= 11 is 0. The Bertz CT molecular complexity index is 438.